The normalized spacial score (nSPS) is 11.9. The smallest absolute Gasteiger partial charge is 0.264 e. The predicted octanol–water partition coefficient (Wildman–Crippen LogP) is 4.53. The van der Waals surface area contributed by atoms with E-state index in [1.165, 1.54) is 24.1 Å². The van der Waals surface area contributed by atoms with Gasteiger partial charge in [0.1, 0.15) is 18.3 Å². The lowest BCUT2D eigenvalue weighted by Gasteiger charge is -2.32. The highest BCUT2D eigenvalue weighted by atomic mass is 35.5. The number of rotatable bonds is 13. The van der Waals surface area contributed by atoms with Gasteiger partial charge in [0.25, 0.3) is 10.0 Å². The summed E-state index contributed by atoms with van der Waals surface area (Å²) < 4.78 is 33.8. The third-order valence-electron chi connectivity index (χ3n) is 6.24. The highest BCUT2D eigenvalue weighted by Gasteiger charge is 2.32. The van der Waals surface area contributed by atoms with E-state index in [-0.39, 0.29) is 23.0 Å². The van der Waals surface area contributed by atoms with E-state index < -0.39 is 28.5 Å². The molecule has 0 aromatic heterocycles. The third kappa shape index (κ3) is 7.97. The summed E-state index contributed by atoms with van der Waals surface area (Å²) in [5.74, 6) is -0.298. The molecule has 0 saturated heterocycles. The molecule has 208 valence electrons. The number of amides is 2. The molecule has 1 N–H and O–H groups in total. The summed E-state index contributed by atoms with van der Waals surface area (Å²) in [7, 11) is -2.67. The van der Waals surface area contributed by atoms with Crippen molar-refractivity contribution in [2.24, 2.45) is 0 Å². The van der Waals surface area contributed by atoms with Crippen LogP contribution >= 0.6 is 11.6 Å². The largest absolute Gasteiger partial charge is 0.497 e. The van der Waals surface area contributed by atoms with E-state index in [4.69, 9.17) is 16.3 Å². The minimum absolute atomic E-state index is 0.00405. The Morgan fingerprint density at radius 3 is 2.21 bits per heavy atom. The molecule has 3 rings (SSSR count). The summed E-state index contributed by atoms with van der Waals surface area (Å²) in [6.07, 6.45) is 1.25. The van der Waals surface area contributed by atoms with Crippen LogP contribution in [0.25, 0.3) is 0 Å². The number of halogens is 1. The molecule has 2 amide bonds. The van der Waals surface area contributed by atoms with Gasteiger partial charge in [-0.3, -0.25) is 13.9 Å². The Morgan fingerprint density at radius 1 is 0.974 bits per heavy atom. The predicted molar refractivity (Wildman–Crippen MR) is 154 cm³/mol. The maximum atomic E-state index is 13.8. The number of benzene rings is 3. The zero-order valence-corrected chi connectivity index (χ0v) is 23.9. The molecule has 0 bridgehead atoms. The minimum atomic E-state index is -4.16. The molecule has 1 atom stereocenters. The maximum absolute atomic E-state index is 13.8. The van der Waals surface area contributed by atoms with Crippen molar-refractivity contribution in [3.05, 3.63) is 89.4 Å². The van der Waals surface area contributed by atoms with Crippen LogP contribution < -0.4 is 14.4 Å². The van der Waals surface area contributed by atoms with Gasteiger partial charge in [-0.1, -0.05) is 48.9 Å². The lowest BCUT2D eigenvalue weighted by atomic mass is 10.1. The summed E-state index contributed by atoms with van der Waals surface area (Å²) >= 11 is 6.05. The van der Waals surface area contributed by atoms with Crippen LogP contribution in [0.3, 0.4) is 0 Å². The van der Waals surface area contributed by atoms with Crippen LogP contribution in [0.4, 0.5) is 5.69 Å². The van der Waals surface area contributed by atoms with Crippen LogP contribution in [0, 0.1) is 0 Å². The van der Waals surface area contributed by atoms with Gasteiger partial charge in [0.2, 0.25) is 11.8 Å². The second-order valence-corrected chi connectivity index (χ2v) is 11.3. The average molecular weight is 572 g/mol. The van der Waals surface area contributed by atoms with Crippen LogP contribution in [0.15, 0.2) is 83.8 Å². The first-order valence-electron chi connectivity index (χ1n) is 12.7. The molecule has 39 heavy (non-hydrogen) atoms. The fourth-order valence-electron chi connectivity index (χ4n) is 3.98. The number of methoxy groups -OCH3 is 1. The summed E-state index contributed by atoms with van der Waals surface area (Å²) in [6, 6.07) is 20.9. The zero-order valence-electron chi connectivity index (χ0n) is 22.3. The highest BCUT2D eigenvalue weighted by molar-refractivity contribution is 7.92. The van der Waals surface area contributed by atoms with Crippen molar-refractivity contribution in [1.29, 1.82) is 0 Å². The number of nitrogens with zero attached hydrogens (tertiary/aromatic N) is 2. The Hall–Kier alpha value is -3.56. The van der Waals surface area contributed by atoms with E-state index in [0.717, 1.165) is 16.3 Å². The molecule has 0 saturated carbocycles. The molecule has 8 nitrogen and oxygen atoms in total. The summed E-state index contributed by atoms with van der Waals surface area (Å²) in [5.41, 5.74) is 1.27. The maximum Gasteiger partial charge on any atom is 0.264 e. The molecular weight excluding hydrogens is 538 g/mol. The first-order chi connectivity index (χ1) is 18.7. The molecular formula is C29H34ClN3O5S. The molecule has 0 spiro atoms. The molecule has 3 aromatic rings. The third-order valence-corrected chi connectivity index (χ3v) is 8.28. The molecule has 1 unspecified atom stereocenters. The molecule has 0 aliphatic carbocycles. The molecule has 0 aliphatic heterocycles. The van der Waals surface area contributed by atoms with Gasteiger partial charge in [0, 0.05) is 18.1 Å². The van der Waals surface area contributed by atoms with Crippen molar-refractivity contribution in [2.45, 2.75) is 37.6 Å². The number of hydrogen-bond acceptors (Lipinski definition) is 5. The van der Waals surface area contributed by atoms with Crippen LogP contribution in [-0.2, 0) is 26.0 Å². The van der Waals surface area contributed by atoms with Crippen molar-refractivity contribution >= 4 is 39.1 Å². The first-order valence-corrected chi connectivity index (χ1v) is 14.5. The van der Waals surface area contributed by atoms with Gasteiger partial charge < -0.3 is 15.0 Å². The van der Waals surface area contributed by atoms with Crippen molar-refractivity contribution in [2.75, 3.05) is 31.0 Å². The standard InChI is InChI=1S/C29H34ClN3O5S/c1-4-19-31-29(35)22(2)32(20-18-23-8-6-5-7-9-23)28(34)21-33(25-12-10-24(30)11-13-25)39(36,37)27-16-14-26(38-3)15-17-27/h5-17,22H,4,18-21H2,1-3H3,(H,31,35). The number of anilines is 1. The van der Waals surface area contributed by atoms with Crippen LogP contribution in [-0.4, -0.2) is 57.9 Å². The van der Waals surface area contributed by atoms with E-state index in [2.05, 4.69) is 5.32 Å². The van der Waals surface area contributed by atoms with Gasteiger partial charge in [0.15, 0.2) is 0 Å². The SMILES string of the molecule is CCCNC(=O)C(C)N(CCc1ccccc1)C(=O)CN(c1ccc(Cl)cc1)S(=O)(=O)c1ccc(OC)cc1. The summed E-state index contributed by atoms with van der Waals surface area (Å²) in [6.45, 7) is 3.80. The van der Waals surface area contributed by atoms with Gasteiger partial charge in [0.05, 0.1) is 17.7 Å². The molecule has 0 fully saturated rings. The van der Waals surface area contributed by atoms with Gasteiger partial charge in [-0.15, -0.1) is 0 Å². The summed E-state index contributed by atoms with van der Waals surface area (Å²) in [5, 5.41) is 3.26. The minimum Gasteiger partial charge on any atom is -0.497 e. The average Bonchev–Trinajstić information content (AvgIpc) is 2.95. The van der Waals surface area contributed by atoms with Crippen molar-refractivity contribution in [1.82, 2.24) is 10.2 Å². The fraction of sp³-hybridized carbons (Fsp3) is 0.310. The number of ether oxygens (including phenoxy) is 1. The summed E-state index contributed by atoms with van der Waals surface area (Å²) in [4.78, 5) is 28.1. The number of nitrogens with one attached hydrogen (secondary N) is 1. The van der Waals surface area contributed by atoms with E-state index in [9.17, 15) is 18.0 Å². The Kier molecular flexibility index (Phi) is 10.8. The van der Waals surface area contributed by atoms with Crippen LogP contribution in [0.2, 0.25) is 5.02 Å². The molecule has 0 heterocycles. The van der Waals surface area contributed by atoms with Crippen LogP contribution in [0.5, 0.6) is 5.75 Å². The topological polar surface area (TPSA) is 96.0 Å². The first kappa shape index (κ1) is 30.0. The van der Waals surface area contributed by atoms with Gasteiger partial charge in [-0.25, -0.2) is 8.42 Å². The molecule has 10 heteroatoms. The number of carbonyl (C=O) groups is 2. The molecule has 3 aromatic carbocycles. The van der Waals surface area contributed by atoms with Crippen LogP contribution in [0.1, 0.15) is 25.8 Å². The quantitative estimate of drug-likeness (QED) is 0.325. The Bertz CT molecular complexity index is 1330. The van der Waals surface area contributed by atoms with E-state index in [1.54, 1.807) is 43.3 Å². The molecule has 0 radical (unpaired) electrons. The van der Waals surface area contributed by atoms with Crippen molar-refractivity contribution in [3.8, 4) is 5.75 Å². The lowest BCUT2D eigenvalue weighted by molar-refractivity contribution is -0.138. The van der Waals surface area contributed by atoms with E-state index in [0.29, 0.717) is 23.7 Å². The van der Waals surface area contributed by atoms with Crippen molar-refractivity contribution in [3.63, 3.8) is 0 Å². The second-order valence-electron chi connectivity index (χ2n) is 8.95. The second kappa shape index (κ2) is 14.0. The van der Waals surface area contributed by atoms with E-state index >= 15 is 0 Å². The van der Waals surface area contributed by atoms with Gasteiger partial charge >= 0.3 is 0 Å². The zero-order chi connectivity index (χ0) is 28.4. The van der Waals surface area contributed by atoms with Gasteiger partial charge in [-0.2, -0.15) is 0 Å². The lowest BCUT2D eigenvalue weighted by Crippen LogP contribution is -2.52. The monoisotopic (exact) mass is 571 g/mol. The Balaban J connectivity index is 1.96. The highest BCUT2D eigenvalue weighted by Crippen LogP contribution is 2.27. The molecule has 0 aliphatic rings. The van der Waals surface area contributed by atoms with Crippen molar-refractivity contribution < 1.29 is 22.7 Å². The fourth-order valence-corrected chi connectivity index (χ4v) is 5.52. The Morgan fingerprint density at radius 2 is 1.62 bits per heavy atom. The Labute approximate surface area is 235 Å². The number of hydrogen-bond donors (Lipinski definition) is 1. The van der Waals surface area contributed by atoms with Gasteiger partial charge in [-0.05, 0) is 73.9 Å². The van der Waals surface area contributed by atoms with E-state index in [1.807, 2.05) is 37.3 Å². The number of carbonyl (C=O) groups excluding carboxylic acids is 2. The number of sulfonamides is 1.